The van der Waals surface area contributed by atoms with Crippen LogP contribution in [0.25, 0.3) is 5.69 Å². The summed E-state index contributed by atoms with van der Waals surface area (Å²) in [7, 11) is 0. The Balaban J connectivity index is 2.17. The Bertz CT molecular complexity index is 650. The fraction of sp³-hybridized carbons (Fsp3) is 0.154. The van der Waals surface area contributed by atoms with Crippen LogP contribution in [0.1, 0.15) is 17.4 Å². The Morgan fingerprint density at radius 2 is 2.10 bits per heavy atom. The number of primary amides is 1. The van der Waals surface area contributed by atoms with Gasteiger partial charge < -0.3 is 16.8 Å². The molecular formula is C13H15N5O2. The van der Waals surface area contributed by atoms with Gasteiger partial charge in [0.2, 0.25) is 5.91 Å². The molecule has 0 bridgehead atoms. The van der Waals surface area contributed by atoms with Crippen molar-refractivity contribution in [2.75, 3.05) is 5.73 Å². The third-order valence-electron chi connectivity index (χ3n) is 2.73. The molecule has 7 nitrogen and oxygen atoms in total. The quantitative estimate of drug-likeness (QED) is 0.683. The van der Waals surface area contributed by atoms with E-state index in [9.17, 15) is 9.59 Å². The maximum atomic E-state index is 11.9. The lowest BCUT2D eigenvalue weighted by molar-refractivity contribution is -0.119. The fourth-order valence-corrected chi connectivity index (χ4v) is 1.60. The summed E-state index contributed by atoms with van der Waals surface area (Å²) in [4.78, 5) is 22.7. The average molecular weight is 273 g/mol. The standard InChI is InChI=1S/C13H15N5O2/c1-8(12(15)19)16-13(20)11-5-6-18(17-11)10-4-2-3-9(14)7-10/h2-8H,14H2,1H3,(H2,15,19)(H,16,20). The van der Waals surface area contributed by atoms with Crippen LogP contribution in [0.15, 0.2) is 36.5 Å². The molecule has 0 saturated carbocycles. The fourth-order valence-electron chi connectivity index (χ4n) is 1.60. The number of nitrogen functional groups attached to an aromatic ring is 1. The number of hydrogen-bond acceptors (Lipinski definition) is 4. The number of nitrogens with one attached hydrogen (secondary N) is 1. The molecule has 1 atom stereocenters. The summed E-state index contributed by atoms with van der Waals surface area (Å²) in [6.07, 6.45) is 1.64. The van der Waals surface area contributed by atoms with Gasteiger partial charge in [-0.1, -0.05) is 6.07 Å². The van der Waals surface area contributed by atoms with Gasteiger partial charge in [-0.3, -0.25) is 9.59 Å². The average Bonchev–Trinajstić information content (AvgIpc) is 2.88. The third-order valence-corrected chi connectivity index (χ3v) is 2.73. The first-order chi connectivity index (χ1) is 9.47. The van der Waals surface area contributed by atoms with Crippen LogP contribution in [0.5, 0.6) is 0 Å². The molecule has 5 N–H and O–H groups in total. The SMILES string of the molecule is CC(NC(=O)c1ccn(-c2cccc(N)c2)n1)C(N)=O. The number of benzene rings is 1. The van der Waals surface area contributed by atoms with Crippen molar-refractivity contribution in [3.05, 3.63) is 42.2 Å². The molecule has 1 aromatic heterocycles. The molecule has 7 heteroatoms. The van der Waals surface area contributed by atoms with Crippen molar-refractivity contribution in [2.24, 2.45) is 5.73 Å². The van der Waals surface area contributed by atoms with E-state index in [-0.39, 0.29) is 5.69 Å². The number of hydrogen-bond donors (Lipinski definition) is 3. The van der Waals surface area contributed by atoms with Crippen LogP contribution >= 0.6 is 0 Å². The van der Waals surface area contributed by atoms with E-state index in [0.717, 1.165) is 5.69 Å². The molecule has 2 aromatic rings. The minimum Gasteiger partial charge on any atom is -0.399 e. The van der Waals surface area contributed by atoms with E-state index in [2.05, 4.69) is 10.4 Å². The highest BCUT2D eigenvalue weighted by atomic mass is 16.2. The van der Waals surface area contributed by atoms with Crippen molar-refractivity contribution < 1.29 is 9.59 Å². The van der Waals surface area contributed by atoms with Gasteiger partial charge >= 0.3 is 0 Å². The Morgan fingerprint density at radius 3 is 2.75 bits per heavy atom. The normalized spacial score (nSPS) is 11.8. The van der Waals surface area contributed by atoms with Crippen molar-refractivity contribution >= 4 is 17.5 Å². The van der Waals surface area contributed by atoms with Crippen LogP contribution in [0.2, 0.25) is 0 Å². The first-order valence-electron chi connectivity index (χ1n) is 5.99. The van der Waals surface area contributed by atoms with Crippen LogP contribution < -0.4 is 16.8 Å². The summed E-state index contributed by atoms with van der Waals surface area (Å²) in [6.45, 7) is 1.51. The maximum absolute atomic E-state index is 11.9. The highest BCUT2D eigenvalue weighted by Crippen LogP contribution is 2.11. The summed E-state index contributed by atoms with van der Waals surface area (Å²) in [6, 6.07) is 7.90. The lowest BCUT2D eigenvalue weighted by Gasteiger charge is -2.08. The van der Waals surface area contributed by atoms with Gasteiger partial charge in [-0.25, -0.2) is 4.68 Å². The van der Waals surface area contributed by atoms with E-state index >= 15 is 0 Å². The monoisotopic (exact) mass is 273 g/mol. The lowest BCUT2D eigenvalue weighted by Crippen LogP contribution is -2.42. The smallest absolute Gasteiger partial charge is 0.272 e. The second-order valence-electron chi connectivity index (χ2n) is 4.34. The first-order valence-corrected chi connectivity index (χ1v) is 5.99. The molecule has 20 heavy (non-hydrogen) atoms. The molecule has 104 valence electrons. The largest absolute Gasteiger partial charge is 0.399 e. The van der Waals surface area contributed by atoms with Gasteiger partial charge in [0.05, 0.1) is 5.69 Å². The number of nitrogens with zero attached hydrogens (tertiary/aromatic N) is 2. The number of anilines is 1. The molecule has 0 saturated heterocycles. The number of carbonyl (C=O) groups excluding carboxylic acids is 2. The summed E-state index contributed by atoms with van der Waals surface area (Å²) >= 11 is 0. The Labute approximate surface area is 115 Å². The summed E-state index contributed by atoms with van der Waals surface area (Å²) in [5.74, 6) is -1.06. The van der Waals surface area contributed by atoms with E-state index in [1.54, 1.807) is 30.5 Å². The topological polar surface area (TPSA) is 116 Å². The van der Waals surface area contributed by atoms with Crippen molar-refractivity contribution in [1.29, 1.82) is 0 Å². The van der Waals surface area contributed by atoms with Gasteiger partial charge in [0, 0.05) is 11.9 Å². The predicted molar refractivity (Wildman–Crippen MR) is 74.1 cm³/mol. The number of rotatable bonds is 4. The van der Waals surface area contributed by atoms with Crippen molar-refractivity contribution in [2.45, 2.75) is 13.0 Å². The second-order valence-corrected chi connectivity index (χ2v) is 4.34. The van der Waals surface area contributed by atoms with Crippen LogP contribution in [-0.4, -0.2) is 27.6 Å². The molecular weight excluding hydrogens is 258 g/mol. The zero-order valence-corrected chi connectivity index (χ0v) is 10.9. The lowest BCUT2D eigenvalue weighted by atomic mass is 10.3. The first kappa shape index (κ1) is 13.6. The molecule has 0 radical (unpaired) electrons. The maximum Gasteiger partial charge on any atom is 0.272 e. The van der Waals surface area contributed by atoms with Crippen molar-refractivity contribution in [1.82, 2.24) is 15.1 Å². The summed E-state index contributed by atoms with van der Waals surface area (Å²) in [5, 5.41) is 6.59. The molecule has 1 unspecified atom stereocenters. The van der Waals surface area contributed by atoms with Crippen LogP contribution in [0.3, 0.4) is 0 Å². The second kappa shape index (κ2) is 5.43. The van der Waals surface area contributed by atoms with E-state index in [4.69, 9.17) is 11.5 Å². The minimum absolute atomic E-state index is 0.195. The summed E-state index contributed by atoms with van der Waals surface area (Å²) in [5.41, 5.74) is 12.3. The molecule has 1 aromatic carbocycles. The van der Waals surface area contributed by atoms with Gasteiger partial charge in [0.15, 0.2) is 5.69 Å². The minimum atomic E-state index is -0.750. The van der Waals surface area contributed by atoms with Crippen LogP contribution in [-0.2, 0) is 4.79 Å². The third kappa shape index (κ3) is 2.94. The zero-order chi connectivity index (χ0) is 14.7. The highest BCUT2D eigenvalue weighted by molar-refractivity contribution is 5.95. The molecule has 0 aliphatic rings. The molecule has 2 rings (SSSR count). The predicted octanol–water partition coefficient (Wildman–Crippen LogP) is 0.0581. The van der Waals surface area contributed by atoms with Crippen LogP contribution in [0.4, 0.5) is 5.69 Å². The molecule has 2 amide bonds. The Hall–Kier alpha value is -2.83. The van der Waals surface area contributed by atoms with Gasteiger partial charge in [-0.15, -0.1) is 0 Å². The van der Waals surface area contributed by atoms with Crippen molar-refractivity contribution in [3.63, 3.8) is 0 Å². The zero-order valence-electron chi connectivity index (χ0n) is 10.9. The molecule has 0 aliphatic heterocycles. The number of amides is 2. The van der Waals surface area contributed by atoms with E-state index in [0.29, 0.717) is 5.69 Å². The number of carbonyl (C=O) groups is 2. The molecule has 1 heterocycles. The van der Waals surface area contributed by atoms with E-state index in [1.165, 1.54) is 11.6 Å². The molecule has 0 spiro atoms. The van der Waals surface area contributed by atoms with Gasteiger partial charge in [-0.2, -0.15) is 5.10 Å². The highest BCUT2D eigenvalue weighted by Gasteiger charge is 2.16. The van der Waals surface area contributed by atoms with E-state index in [1.807, 2.05) is 6.07 Å². The Kier molecular flexibility index (Phi) is 3.69. The molecule has 0 fully saturated rings. The van der Waals surface area contributed by atoms with E-state index < -0.39 is 17.9 Å². The number of aromatic nitrogens is 2. The molecule has 0 aliphatic carbocycles. The summed E-state index contributed by atoms with van der Waals surface area (Å²) < 4.78 is 1.53. The number of nitrogens with two attached hydrogens (primary N) is 2. The van der Waals surface area contributed by atoms with Crippen molar-refractivity contribution in [3.8, 4) is 5.69 Å². The Morgan fingerprint density at radius 1 is 1.35 bits per heavy atom. The van der Waals surface area contributed by atoms with Gasteiger partial charge in [0.1, 0.15) is 6.04 Å². The van der Waals surface area contributed by atoms with Gasteiger partial charge in [0.25, 0.3) is 5.91 Å². The van der Waals surface area contributed by atoms with Gasteiger partial charge in [-0.05, 0) is 31.2 Å². The van der Waals surface area contributed by atoms with Crippen LogP contribution in [0, 0.1) is 0 Å².